The minimum Gasteiger partial charge on any atom is -0.494 e. The molecular weight excluding hydrogens is 765 g/mol. The first kappa shape index (κ1) is 43.2. The van der Waals surface area contributed by atoms with Gasteiger partial charge >= 0.3 is 5.97 Å². The van der Waals surface area contributed by atoms with Crippen LogP contribution in [0.15, 0.2) is 73.1 Å². The first-order valence-corrected chi connectivity index (χ1v) is 21.8. The van der Waals surface area contributed by atoms with Crippen molar-refractivity contribution in [2.45, 2.75) is 78.1 Å². The molecule has 0 unspecified atom stereocenters. The number of Topliss-reactive ketones (excluding diaryl/α,β-unsaturated/α-hetero) is 1. The fraction of sp³-hybridized carbons (Fsp3) is 0.442. The topological polar surface area (TPSA) is 162 Å². The summed E-state index contributed by atoms with van der Waals surface area (Å²) in [4.78, 5) is 63.9. The number of hydrogen-bond donors (Lipinski definition) is 1. The Bertz CT molecular complexity index is 2100. The summed E-state index contributed by atoms with van der Waals surface area (Å²) in [5.41, 5.74) is 3.35. The van der Waals surface area contributed by atoms with Crippen LogP contribution in [-0.2, 0) is 41.0 Å². The molecule has 0 spiro atoms. The second-order valence-electron chi connectivity index (χ2n) is 15.5. The lowest BCUT2D eigenvalue weighted by Crippen LogP contribution is -2.58. The number of nitrogens with zero attached hydrogens (tertiary/aromatic N) is 3. The van der Waals surface area contributed by atoms with E-state index >= 15 is 0 Å². The number of esters is 1. The number of amides is 2. The number of methoxy groups -OCH3 is 1. The number of rotatable bonds is 19. The maximum absolute atomic E-state index is 13.9. The molecule has 0 bridgehead atoms. The zero-order valence-electron chi connectivity index (χ0n) is 33.3. The van der Waals surface area contributed by atoms with Gasteiger partial charge in [-0.2, -0.15) is 0 Å². The number of carbonyl (C=O) groups is 4. The Morgan fingerprint density at radius 2 is 1.53 bits per heavy atom. The lowest BCUT2D eigenvalue weighted by atomic mass is 9.89. The van der Waals surface area contributed by atoms with Crippen LogP contribution in [0.1, 0.15) is 86.3 Å². The Morgan fingerprint density at radius 1 is 0.877 bits per heavy atom. The molecule has 2 aromatic heterocycles. The van der Waals surface area contributed by atoms with Crippen molar-refractivity contribution in [1.29, 1.82) is 0 Å². The van der Waals surface area contributed by atoms with Crippen LogP contribution in [0.5, 0.6) is 5.75 Å². The quantitative estimate of drug-likeness (QED) is 0.0591. The van der Waals surface area contributed by atoms with Gasteiger partial charge in [0.2, 0.25) is 21.8 Å². The third-order valence-electron chi connectivity index (χ3n) is 9.81. The lowest BCUT2D eigenvalue weighted by molar-refractivity contribution is -0.145. The average molecular weight is 817 g/mol. The summed E-state index contributed by atoms with van der Waals surface area (Å²) in [5.74, 6) is -3.38. The second kappa shape index (κ2) is 19.5. The Kier molecular flexibility index (Phi) is 14.7. The van der Waals surface area contributed by atoms with Gasteiger partial charge < -0.3 is 14.4 Å². The summed E-state index contributed by atoms with van der Waals surface area (Å²) < 4.78 is 36.6. The molecule has 12 nitrogen and oxygen atoms in total. The van der Waals surface area contributed by atoms with E-state index in [0.717, 1.165) is 46.4 Å². The van der Waals surface area contributed by atoms with Crippen molar-refractivity contribution in [3.05, 3.63) is 88.4 Å². The first-order valence-electron chi connectivity index (χ1n) is 19.3. The van der Waals surface area contributed by atoms with Crippen molar-refractivity contribution >= 4 is 44.9 Å². The maximum atomic E-state index is 13.9. The molecule has 3 heterocycles. The number of carbonyl (C=O) groups excluding carboxylic acids is 4. The Hall–Kier alpha value is -4.95. The second-order valence-corrected chi connectivity index (χ2v) is 18.3. The van der Waals surface area contributed by atoms with Gasteiger partial charge in [0.05, 0.1) is 24.5 Å². The highest BCUT2D eigenvalue weighted by molar-refractivity contribution is 7.90. The zero-order valence-corrected chi connectivity index (χ0v) is 34.9. The Labute approximate surface area is 339 Å². The van der Waals surface area contributed by atoms with E-state index in [1.807, 2.05) is 59.3 Å². The molecule has 5 rings (SSSR count). The number of sulfonamides is 1. The minimum absolute atomic E-state index is 0.0142. The van der Waals surface area contributed by atoms with E-state index in [1.165, 1.54) is 41.9 Å². The fourth-order valence-electron chi connectivity index (χ4n) is 6.37. The standard InChI is InChI=1S/C43H52N4O8S2/c1-6-7-8-9-10-21-55-35-17-15-30(16-18-35)33-24-44-40(45-25-33)31-13-11-29(12-14-31)22-32(23-36(48)37-19-20-38(56-37)43(2,3)4)42(51)47-26-34(27-47)41(50)46-57(52,53)28-39(49)54-5/h11-20,24-25,32,34H,6-10,21-23,26-28H2,1-5H3,(H,46,50)/t32-/m1/s1. The van der Waals surface area contributed by atoms with E-state index in [4.69, 9.17) is 4.74 Å². The highest BCUT2D eigenvalue weighted by Gasteiger charge is 2.40. The van der Waals surface area contributed by atoms with Crippen LogP contribution < -0.4 is 9.46 Å². The van der Waals surface area contributed by atoms with Gasteiger partial charge in [-0.3, -0.25) is 23.9 Å². The Morgan fingerprint density at radius 3 is 2.14 bits per heavy atom. The van der Waals surface area contributed by atoms with Gasteiger partial charge in [-0.1, -0.05) is 89.8 Å². The van der Waals surface area contributed by atoms with Crippen LogP contribution in [0.3, 0.4) is 0 Å². The summed E-state index contributed by atoms with van der Waals surface area (Å²) in [6.45, 7) is 9.11. The smallest absolute Gasteiger partial charge is 0.322 e. The van der Waals surface area contributed by atoms with E-state index in [-0.39, 0.29) is 43.0 Å². The van der Waals surface area contributed by atoms with Crippen molar-refractivity contribution in [3.8, 4) is 28.3 Å². The number of benzene rings is 2. The van der Waals surface area contributed by atoms with Crippen molar-refractivity contribution in [2.75, 3.05) is 32.6 Å². The summed E-state index contributed by atoms with van der Waals surface area (Å²) in [7, 11) is -3.19. The number of ether oxygens (including phenoxy) is 2. The van der Waals surface area contributed by atoms with Gasteiger partial charge in [0, 0.05) is 53.8 Å². The van der Waals surface area contributed by atoms with E-state index in [1.54, 1.807) is 18.5 Å². The third kappa shape index (κ3) is 12.3. The molecule has 0 aliphatic carbocycles. The molecule has 0 radical (unpaired) electrons. The van der Waals surface area contributed by atoms with Crippen LogP contribution in [0.25, 0.3) is 22.5 Å². The minimum atomic E-state index is -4.24. The van der Waals surface area contributed by atoms with E-state index in [2.05, 4.69) is 42.4 Å². The number of unbranched alkanes of at least 4 members (excludes halogenated alkanes) is 4. The van der Waals surface area contributed by atoms with Gasteiger partial charge in [0.15, 0.2) is 17.4 Å². The van der Waals surface area contributed by atoms with Gasteiger partial charge in [-0.15, -0.1) is 11.3 Å². The molecule has 1 aliphatic heterocycles. The van der Waals surface area contributed by atoms with Gasteiger partial charge in [0.25, 0.3) is 0 Å². The van der Waals surface area contributed by atoms with Gasteiger partial charge in [0.1, 0.15) is 5.75 Å². The molecule has 4 aromatic rings. The SMILES string of the molecule is CCCCCCCOc1ccc(-c2cnc(-c3ccc(C[C@H](CC(=O)c4ccc(C(C)(C)C)s4)C(=O)N4CC(C(=O)NS(=O)(=O)CC(=O)OC)C4)cc3)nc2)cc1. The number of nitrogens with one attached hydrogen (secondary N) is 1. The monoisotopic (exact) mass is 816 g/mol. The Balaban J connectivity index is 1.23. The van der Waals surface area contributed by atoms with Crippen molar-refractivity contribution < 1.29 is 37.1 Å². The highest BCUT2D eigenvalue weighted by Crippen LogP contribution is 2.32. The van der Waals surface area contributed by atoms with E-state index in [0.29, 0.717) is 17.3 Å². The molecule has 1 aliphatic rings. The van der Waals surface area contributed by atoms with Crippen molar-refractivity contribution in [2.24, 2.45) is 11.8 Å². The number of aromatic nitrogens is 2. The summed E-state index contributed by atoms with van der Waals surface area (Å²) in [6, 6.07) is 19.2. The predicted molar refractivity (Wildman–Crippen MR) is 220 cm³/mol. The molecule has 1 saturated heterocycles. The maximum Gasteiger partial charge on any atom is 0.322 e. The van der Waals surface area contributed by atoms with E-state index in [9.17, 15) is 27.6 Å². The van der Waals surface area contributed by atoms with Crippen LogP contribution in [0, 0.1) is 11.8 Å². The number of thiophene rings is 1. The van der Waals surface area contributed by atoms with Crippen LogP contribution >= 0.6 is 11.3 Å². The van der Waals surface area contributed by atoms with Gasteiger partial charge in [-0.25, -0.2) is 18.4 Å². The predicted octanol–water partition coefficient (Wildman–Crippen LogP) is 7.03. The molecule has 57 heavy (non-hydrogen) atoms. The summed E-state index contributed by atoms with van der Waals surface area (Å²) in [5, 5.41) is 0. The fourth-order valence-corrected chi connectivity index (χ4v) is 8.36. The van der Waals surface area contributed by atoms with Gasteiger partial charge in [-0.05, 0) is 53.6 Å². The number of hydrogen-bond acceptors (Lipinski definition) is 11. The molecule has 2 amide bonds. The molecule has 304 valence electrons. The van der Waals surface area contributed by atoms with Crippen molar-refractivity contribution in [3.63, 3.8) is 0 Å². The lowest BCUT2D eigenvalue weighted by Gasteiger charge is -2.40. The average Bonchev–Trinajstić information content (AvgIpc) is 3.68. The summed E-state index contributed by atoms with van der Waals surface area (Å²) in [6.07, 6.45) is 9.74. The highest BCUT2D eigenvalue weighted by atomic mass is 32.2. The molecule has 1 atom stereocenters. The third-order valence-corrected chi connectivity index (χ3v) is 12.5. The zero-order chi connectivity index (χ0) is 41.2. The van der Waals surface area contributed by atoms with Crippen LogP contribution in [-0.4, -0.2) is 79.4 Å². The molecule has 14 heteroatoms. The van der Waals surface area contributed by atoms with Crippen LogP contribution in [0.4, 0.5) is 0 Å². The largest absolute Gasteiger partial charge is 0.494 e. The molecule has 2 aromatic carbocycles. The molecule has 1 N–H and O–H groups in total. The van der Waals surface area contributed by atoms with Crippen LogP contribution in [0.2, 0.25) is 0 Å². The van der Waals surface area contributed by atoms with Crippen molar-refractivity contribution in [1.82, 2.24) is 19.6 Å². The van der Waals surface area contributed by atoms with E-state index < -0.39 is 39.5 Å². The number of likely N-dealkylation sites (tertiary alicyclic amines) is 1. The molecule has 0 saturated carbocycles. The number of ketones is 1. The molecule has 1 fully saturated rings. The summed E-state index contributed by atoms with van der Waals surface area (Å²) >= 11 is 1.42. The first-order chi connectivity index (χ1) is 27.2. The molecular formula is C43H52N4O8S2. The normalized spacial score (nSPS) is 13.7.